The summed E-state index contributed by atoms with van der Waals surface area (Å²) in [6, 6.07) is 10.4. The van der Waals surface area contributed by atoms with E-state index < -0.39 is 5.82 Å². The lowest BCUT2D eigenvalue weighted by molar-refractivity contribution is 0.0675. The van der Waals surface area contributed by atoms with Crippen molar-refractivity contribution in [1.82, 2.24) is 19.9 Å². The number of fused-ring (bicyclic) bond motifs is 1. The Labute approximate surface area is 190 Å². The van der Waals surface area contributed by atoms with Crippen molar-refractivity contribution in [2.24, 2.45) is 0 Å². The van der Waals surface area contributed by atoms with Crippen LogP contribution in [0.25, 0.3) is 22.4 Å². The molecule has 1 aliphatic heterocycles. The minimum atomic E-state index is -0.463. The van der Waals surface area contributed by atoms with Crippen molar-refractivity contribution in [3.8, 4) is 11.4 Å². The number of furan rings is 1. The molecule has 168 valence electrons. The number of para-hydroxylation sites is 1. The molecule has 1 saturated heterocycles. The number of carbonyl (C=O) groups excluding carboxylic acids is 1. The number of nitrogens with zero attached hydrogens (tertiary/aromatic N) is 4. The van der Waals surface area contributed by atoms with E-state index in [0.29, 0.717) is 29.9 Å². The van der Waals surface area contributed by atoms with Crippen molar-refractivity contribution in [2.75, 3.05) is 25.5 Å². The van der Waals surface area contributed by atoms with Crippen LogP contribution < -0.4 is 5.32 Å². The smallest absolute Gasteiger partial charge is 0.289 e. The van der Waals surface area contributed by atoms with Crippen LogP contribution in [0, 0.1) is 12.7 Å². The van der Waals surface area contributed by atoms with Crippen molar-refractivity contribution in [3.63, 3.8) is 0 Å². The van der Waals surface area contributed by atoms with Crippen LogP contribution in [0.2, 0.25) is 0 Å². The second-order valence-corrected chi connectivity index (χ2v) is 8.25. The van der Waals surface area contributed by atoms with Gasteiger partial charge in [-0.3, -0.25) is 9.78 Å². The fourth-order valence-electron chi connectivity index (χ4n) is 4.39. The molecule has 0 saturated carbocycles. The average molecular weight is 445 g/mol. The molecular formula is C25H24FN5O2. The minimum Gasteiger partial charge on any atom is -0.448 e. The summed E-state index contributed by atoms with van der Waals surface area (Å²) in [5, 5.41) is 3.73. The van der Waals surface area contributed by atoms with Crippen LogP contribution in [0.5, 0.6) is 0 Å². The number of pyridine rings is 1. The average Bonchev–Trinajstić information content (AvgIpc) is 3.21. The summed E-state index contributed by atoms with van der Waals surface area (Å²) in [5.74, 6) is 0.914. The Morgan fingerprint density at radius 2 is 2.03 bits per heavy atom. The second kappa shape index (κ2) is 8.61. The summed E-state index contributed by atoms with van der Waals surface area (Å²) in [5.41, 5.74) is 2.55. The molecule has 0 spiro atoms. The first-order chi connectivity index (χ1) is 16.0. The summed E-state index contributed by atoms with van der Waals surface area (Å²) in [7, 11) is 1.82. The molecule has 1 aromatic carbocycles. The van der Waals surface area contributed by atoms with Gasteiger partial charge in [-0.15, -0.1) is 0 Å². The van der Waals surface area contributed by atoms with Crippen LogP contribution >= 0.6 is 0 Å². The molecule has 0 bridgehead atoms. The number of anilines is 1. The second-order valence-electron chi connectivity index (χ2n) is 8.25. The number of piperidine rings is 1. The molecule has 7 nitrogen and oxygen atoms in total. The van der Waals surface area contributed by atoms with Crippen LogP contribution in [-0.4, -0.2) is 45.9 Å². The molecule has 8 heteroatoms. The van der Waals surface area contributed by atoms with Crippen molar-refractivity contribution < 1.29 is 13.6 Å². The van der Waals surface area contributed by atoms with Crippen molar-refractivity contribution >= 4 is 22.7 Å². The van der Waals surface area contributed by atoms with Crippen molar-refractivity contribution in [2.45, 2.75) is 25.7 Å². The molecule has 0 unspecified atom stereocenters. The first kappa shape index (κ1) is 21.1. The number of carbonyl (C=O) groups is 1. The van der Waals surface area contributed by atoms with Crippen molar-refractivity contribution in [1.29, 1.82) is 0 Å². The van der Waals surface area contributed by atoms with Gasteiger partial charge >= 0.3 is 0 Å². The number of amides is 1. The van der Waals surface area contributed by atoms with Gasteiger partial charge in [0.1, 0.15) is 5.82 Å². The minimum absolute atomic E-state index is 0.0554. The van der Waals surface area contributed by atoms with E-state index in [2.05, 4.69) is 15.3 Å². The number of benzene rings is 1. The van der Waals surface area contributed by atoms with Crippen LogP contribution in [0.4, 0.5) is 10.2 Å². The topological polar surface area (TPSA) is 84.2 Å². The van der Waals surface area contributed by atoms with Gasteiger partial charge in [0.2, 0.25) is 0 Å². The number of aryl methyl sites for hydroxylation is 1. The normalized spacial score (nSPS) is 16.2. The number of nitrogens with one attached hydrogen (secondary N) is 1. The Balaban J connectivity index is 1.44. The number of likely N-dealkylation sites (tertiary alicyclic amines) is 1. The van der Waals surface area contributed by atoms with Crippen LogP contribution in [0.15, 0.2) is 53.2 Å². The monoisotopic (exact) mass is 445 g/mol. The third kappa shape index (κ3) is 3.92. The maximum atomic E-state index is 14.2. The molecule has 1 aliphatic rings. The summed E-state index contributed by atoms with van der Waals surface area (Å²) < 4.78 is 19.9. The first-order valence-corrected chi connectivity index (χ1v) is 11.0. The molecule has 0 radical (unpaired) electrons. The molecule has 1 fully saturated rings. The third-order valence-corrected chi connectivity index (χ3v) is 6.18. The van der Waals surface area contributed by atoms with Gasteiger partial charge in [0, 0.05) is 61.0 Å². The van der Waals surface area contributed by atoms with E-state index in [1.807, 2.05) is 25.2 Å². The van der Waals surface area contributed by atoms with Gasteiger partial charge in [-0.25, -0.2) is 14.4 Å². The summed E-state index contributed by atoms with van der Waals surface area (Å²) >= 11 is 0. The number of hydrogen-bond acceptors (Lipinski definition) is 6. The van der Waals surface area contributed by atoms with Gasteiger partial charge in [0.15, 0.2) is 23.0 Å². The maximum absolute atomic E-state index is 14.2. The van der Waals surface area contributed by atoms with Gasteiger partial charge < -0.3 is 14.6 Å². The molecule has 33 heavy (non-hydrogen) atoms. The van der Waals surface area contributed by atoms with Gasteiger partial charge in [-0.05, 0) is 38.0 Å². The summed E-state index contributed by atoms with van der Waals surface area (Å²) in [4.78, 5) is 28.6. The lowest BCUT2D eigenvalue weighted by Crippen LogP contribution is -2.39. The van der Waals surface area contributed by atoms with Crippen LogP contribution in [-0.2, 0) is 0 Å². The van der Waals surface area contributed by atoms with Crippen molar-refractivity contribution in [3.05, 3.63) is 71.6 Å². The van der Waals surface area contributed by atoms with E-state index in [0.717, 1.165) is 29.9 Å². The highest BCUT2D eigenvalue weighted by Gasteiger charge is 2.30. The van der Waals surface area contributed by atoms with Crippen LogP contribution in [0.1, 0.15) is 40.6 Å². The Morgan fingerprint density at radius 3 is 2.79 bits per heavy atom. The van der Waals surface area contributed by atoms with E-state index in [9.17, 15) is 9.18 Å². The highest BCUT2D eigenvalue weighted by molar-refractivity contribution is 5.99. The number of hydrogen-bond donors (Lipinski definition) is 1. The molecule has 1 N–H and O–H groups in total. The molecule has 1 atom stereocenters. The van der Waals surface area contributed by atoms with Crippen LogP contribution in [0.3, 0.4) is 0 Å². The Morgan fingerprint density at radius 1 is 1.21 bits per heavy atom. The molecule has 1 amide bonds. The standard InChI is InChI=1S/C25H24FN5O2/c1-15-18-6-3-7-19(26)23(18)33-22(15)25(32)31-12-4-5-17(14-31)20-13-21(27-2)30-24(29-20)16-8-10-28-11-9-16/h3,6-11,13,17H,4-5,12,14H2,1-2H3,(H,27,29,30)/t17-/m1/s1. The zero-order valence-electron chi connectivity index (χ0n) is 18.5. The zero-order valence-corrected chi connectivity index (χ0v) is 18.5. The van der Waals surface area contributed by atoms with E-state index in [1.54, 1.807) is 36.4 Å². The van der Waals surface area contributed by atoms with Gasteiger partial charge in [0.25, 0.3) is 5.91 Å². The number of aromatic nitrogens is 3. The predicted molar refractivity (Wildman–Crippen MR) is 124 cm³/mol. The highest BCUT2D eigenvalue weighted by Crippen LogP contribution is 2.32. The summed E-state index contributed by atoms with van der Waals surface area (Å²) in [6.07, 6.45) is 5.18. The quantitative estimate of drug-likeness (QED) is 0.486. The molecule has 4 aromatic rings. The Bertz CT molecular complexity index is 1320. The lowest BCUT2D eigenvalue weighted by atomic mass is 9.94. The van der Waals surface area contributed by atoms with E-state index in [1.165, 1.54) is 6.07 Å². The van der Waals surface area contributed by atoms with E-state index in [4.69, 9.17) is 9.40 Å². The Hall–Kier alpha value is -3.81. The van der Waals surface area contributed by atoms with Gasteiger partial charge in [-0.2, -0.15) is 0 Å². The fraction of sp³-hybridized carbons (Fsp3) is 0.280. The third-order valence-electron chi connectivity index (χ3n) is 6.18. The molecule has 5 rings (SSSR count). The molecule has 3 aromatic heterocycles. The number of halogens is 1. The molecular weight excluding hydrogens is 421 g/mol. The molecule has 0 aliphatic carbocycles. The fourth-order valence-corrected chi connectivity index (χ4v) is 4.39. The van der Waals surface area contributed by atoms with E-state index >= 15 is 0 Å². The van der Waals surface area contributed by atoms with Gasteiger partial charge in [-0.1, -0.05) is 12.1 Å². The van der Waals surface area contributed by atoms with Gasteiger partial charge in [0.05, 0.1) is 5.69 Å². The highest BCUT2D eigenvalue weighted by atomic mass is 19.1. The SMILES string of the molecule is CNc1cc([C@@H]2CCCN(C(=O)c3oc4c(F)cccc4c3C)C2)nc(-c2ccncc2)n1. The molecule has 4 heterocycles. The van der Waals surface area contributed by atoms with E-state index in [-0.39, 0.29) is 23.2 Å². The predicted octanol–water partition coefficient (Wildman–Crippen LogP) is 4.79. The number of rotatable bonds is 4. The Kier molecular flexibility index (Phi) is 5.50. The maximum Gasteiger partial charge on any atom is 0.289 e. The zero-order chi connectivity index (χ0) is 22.9. The summed E-state index contributed by atoms with van der Waals surface area (Å²) in [6.45, 7) is 2.92. The lowest BCUT2D eigenvalue weighted by Gasteiger charge is -2.32. The first-order valence-electron chi connectivity index (χ1n) is 11.0. The largest absolute Gasteiger partial charge is 0.448 e.